The molecular formula is C21H16N4O5S. The molecule has 4 aromatic rings. The summed E-state index contributed by atoms with van der Waals surface area (Å²) in [5.74, 6) is -0.413. The van der Waals surface area contributed by atoms with Crippen molar-refractivity contribution in [3.05, 3.63) is 66.6 Å². The average Bonchev–Trinajstić information content (AvgIpc) is 3.48. The molecule has 0 radical (unpaired) electrons. The molecular weight excluding hydrogens is 420 g/mol. The lowest BCUT2D eigenvalue weighted by atomic mass is 10.2. The number of benzene rings is 1. The predicted octanol–water partition coefficient (Wildman–Crippen LogP) is 4.21. The summed E-state index contributed by atoms with van der Waals surface area (Å²) in [7, 11) is 0. The van der Waals surface area contributed by atoms with Gasteiger partial charge in [-0.25, -0.2) is 9.78 Å². The fourth-order valence-corrected chi connectivity index (χ4v) is 3.43. The predicted molar refractivity (Wildman–Crippen MR) is 113 cm³/mol. The summed E-state index contributed by atoms with van der Waals surface area (Å²) in [5.41, 5.74) is 1.34. The zero-order chi connectivity index (χ0) is 21.8. The first-order valence-electron chi connectivity index (χ1n) is 9.14. The molecule has 0 fully saturated rings. The summed E-state index contributed by atoms with van der Waals surface area (Å²) in [6.45, 7) is 1.69. The van der Waals surface area contributed by atoms with E-state index in [9.17, 15) is 9.59 Å². The molecule has 0 aliphatic carbocycles. The van der Waals surface area contributed by atoms with Gasteiger partial charge in [0, 0.05) is 5.69 Å². The van der Waals surface area contributed by atoms with Crippen LogP contribution in [0, 0.1) is 0 Å². The van der Waals surface area contributed by atoms with Crippen LogP contribution in [0.1, 0.15) is 17.3 Å². The second kappa shape index (κ2) is 8.84. The molecule has 3 aromatic heterocycles. The summed E-state index contributed by atoms with van der Waals surface area (Å²) in [6, 6.07) is 13.0. The Labute approximate surface area is 180 Å². The number of hydrogen-bond donors (Lipinski definition) is 2. The minimum Gasteiger partial charge on any atom is -0.478 e. The van der Waals surface area contributed by atoms with Crippen LogP contribution in [-0.2, 0) is 4.79 Å². The standard InChI is InChI=1S/C21H16N4O5S/c1-12(19(26)22-14-6-2-5-13(11-14)20(27)28)31-21-23-17(15-7-3-9-29-15)18(24-25-21)16-8-4-10-30-16/h2-12H,1H3,(H,22,26)(H,27,28). The number of hydrogen-bond acceptors (Lipinski definition) is 8. The highest BCUT2D eigenvalue weighted by atomic mass is 32.2. The Hall–Kier alpha value is -3.92. The van der Waals surface area contributed by atoms with Crippen LogP contribution < -0.4 is 5.32 Å². The van der Waals surface area contributed by atoms with E-state index in [1.807, 2.05) is 0 Å². The van der Waals surface area contributed by atoms with E-state index in [0.29, 0.717) is 28.6 Å². The van der Waals surface area contributed by atoms with Crippen LogP contribution in [0.4, 0.5) is 5.69 Å². The van der Waals surface area contributed by atoms with Crippen LogP contribution in [0.2, 0.25) is 0 Å². The summed E-state index contributed by atoms with van der Waals surface area (Å²) < 4.78 is 10.9. The van der Waals surface area contributed by atoms with Gasteiger partial charge in [0.05, 0.1) is 23.3 Å². The maximum absolute atomic E-state index is 12.6. The molecule has 3 heterocycles. The van der Waals surface area contributed by atoms with Gasteiger partial charge < -0.3 is 19.3 Å². The summed E-state index contributed by atoms with van der Waals surface area (Å²) >= 11 is 1.11. The van der Waals surface area contributed by atoms with Gasteiger partial charge in [0.15, 0.2) is 17.2 Å². The number of nitrogens with zero attached hydrogens (tertiary/aromatic N) is 3. The molecule has 10 heteroatoms. The Morgan fingerprint density at radius 2 is 1.71 bits per heavy atom. The van der Waals surface area contributed by atoms with Gasteiger partial charge in [0.1, 0.15) is 5.69 Å². The van der Waals surface area contributed by atoms with Crippen molar-refractivity contribution >= 4 is 29.3 Å². The number of furan rings is 2. The van der Waals surface area contributed by atoms with Crippen LogP contribution >= 0.6 is 11.8 Å². The van der Waals surface area contributed by atoms with Crippen molar-refractivity contribution < 1.29 is 23.5 Å². The molecule has 1 aromatic carbocycles. The molecule has 0 saturated carbocycles. The topological polar surface area (TPSA) is 131 Å². The third-order valence-corrected chi connectivity index (χ3v) is 5.16. The van der Waals surface area contributed by atoms with Crippen molar-refractivity contribution in [2.75, 3.05) is 5.32 Å². The fourth-order valence-electron chi connectivity index (χ4n) is 2.71. The Bertz CT molecular complexity index is 1210. The summed E-state index contributed by atoms with van der Waals surface area (Å²) in [4.78, 5) is 28.2. The van der Waals surface area contributed by atoms with Crippen LogP contribution in [0.5, 0.6) is 0 Å². The molecule has 0 aliphatic heterocycles. The molecule has 156 valence electrons. The molecule has 1 unspecified atom stereocenters. The number of rotatable bonds is 7. The van der Waals surface area contributed by atoms with Gasteiger partial charge in [-0.05, 0) is 49.4 Å². The normalized spacial score (nSPS) is 11.8. The number of nitrogens with one attached hydrogen (secondary N) is 1. The molecule has 4 rings (SSSR count). The number of carboxylic acid groups (broad SMARTS) is 1. The molecule has 31 heavy (non-hydrogen) atoms. The van der Waals surface area contributed by atoms with Crippen molar-refractivity contribution in [3.8, 4) is 22.9 Å². The lowest BCUT2D eigenvalue weighted by molar-refractivity contribution is -0.115. The van der Waals surface area contributed by atoms with Gasteiger partial charge in [-0.3, -0.25) is 4.79 Å². The zero-order valence-electron chi connectivity index (χ0n) is 16.2. The SMILES string of the molecule is CC(Sc1nnc(-c2ccco2)c(-c2ccco2)n1)C(=O)Nc1cccc(C(=O)O)c1. The van der Waals surface area contributed by atoms with E-state index in [4.69, 9.17) is 13.9 Å². The third kappa shape index (κ3) is 4.64. The smallest absolute Gasteiger partial charge is 0.335 e. The van der Waals surface area contributed by atoms with Crippen LogP contribution in [0.15, 0.2) is 75.0 Å². The number of aromatic nitrogens is 3. The first-order chi connectivity index (χ1) is 15.0. The van der Waals surface area contributed by atoms with Crippen molar-refractivity contribution in [2.24, 2.45) is 0 Å². The number of carboxylic acids is 1. The Morgan fingerprint density at radius 3 is 2.35 bits per heavy atom. The van der Waals surface area contributed by atoms with Crippen LogP contribution in [-0.4, -0.2) is 37.4 Å². The number of anilines is 1. The Kier molecular flexibility index (Phi) is 5.80. The van der Waals surface area contributed by atoms with E-state index in [2.05, 4.69) is 20.5 Å². The van der Waals surface area contributed by atoms with E-state index in [1.54, 1.807) is 43.3 Å². The van der Waals surface area contributed by atoms with Crippen molar-refractivity contribution in [2.45, 2.75) is 17.3 Å². The summed E-state index contributed by atoms with van der Waals surface area (Å²) in [6.07, 6.45) is 3.05. The largest absolute Gasteiger partial charge is 0.478 e. The highest BCUT2D eigenvalue weighted by Gasteiger charge is 2.21. The van der Waals surface area contributed by atoms with Crippen molar-refractivity contribution in [3.63, 3.8) is 0 Å². The van der Waals surface area contributed by atoms with E-state index in [-0.39, 0.29) is 16.6 Å². The highest BCUT2D eigenvalue weighted by molar-refractivity contribution is 8.00. The van der Waals surface area contributed by atoms with E-state index >= 15 is 0 Å². The number of amides is 1. The van der Waals surface area contributed by atoms with Crippen molar-refractivity contribution in [1.82, 2.24) is 15.2 Å². The lowest BCUT2D eigenvalue weighted by Crippen LogP contribution is -2.23. The van der Waals surface area contributed by atoms with Crippen LogP contribution in [0.25, 0.3) is 22.9 Å². The quantitative estimate of drug-likeness (QED) is 0.409. The van der Waals surface area contributed by atoms with Crippen molar-refractivity contribution in [1.29, 1.82) is 0 Å². The third-order valence-electron chi connectivity index (χ3n) is 4.20. The van der Waals surface area contributed by atoms with Gasteiger partial charge in [-0.1, -0.05) is 17.8 Å². The second-order valence-corrected chi connectivity index (χ2v) is 7.69. The van der Waals surface area contributed by atoms with Gasteiger partial charge in [0.2, 0.25) is 11.1 Å². The first kappa shape index (κ1) is 20.4. The molecule has 0 spiro atoms. The molecule has 0 saturated heterocycles. The highest BCUT2D eigenvalue weighted by Crippen LogP contribution is 2.31. The van der Waals surface area contributed by atoms with E-state index < -0.39 is 11.2 Å². The van der Waals surface area contributed by atoms with Gasteiger partial charge in [-0.15, -0.1) is 10.2 Å². The first-order valence-corrected chi connectivity index (χ1v) is 10.0. The molecule has 1 amide bonds. The molecule has 0 bridgehead atoms. The molecule has 9 nitrogen and oxygen atoms in total. The zero-order valence-corrected chi connectivity index (χ0v) is 17.0. The number of carbonyl (C=O) groups excluding carboxylic acids is 1. The maximum Gasteiger partial charge on any atom is 0.335 e. The minimum absolute atomic E-state index is 0.0854. The van der Waals surface area contributed by atoms with Gasteiger partial charge in [-0.2, -0.15) is 0 Å². The Balaban J connectivity index is 1.53. The monoisotopic (exact) mass is 436 g/mol. The fraction of sp³-hybridized carbons (Fsp3) is 0.0952. The Morgan fingerprint density at radius 1 is 1.00 bits per heavy atom. The van der Waals surface area contributed by atoms with Gasteiger partial charge >= 0.3 is 5.97 Å². The second-order valence-electron chi connectivity index (χ2n) is 6.38. The van der Waals surface area contributed by atoms with Gasteiger partial charge in [0.25, 0.3) is 0 Å². The number of aromatic carboxylic acids is 1. The lowest BCUT2D eigenvalue weighted by Gasteiger charge is -2.12. The summed E-state index contributed by atoms with van der Waals surface area (Å²) in [5, 5.41) is 19.8. The number of carbonyl (C=O) groups is 2. The molecule has 2 N–H and O–H groups in total. The maximum atomic E-state index is 12.6. The molecule has 0 aliphatic rings. The van der Waals surface area contributed by atoms with Crippen LogP contribution in [0.3, 0.4) is 0 Å². The molecule has 1 atom stereocenters. The number of thioether (sulfide) groups is 1. The average molecular weight is 436 g/mol. The van der Waals surface area contributed by atoms with E-state index in [0.717, 1.165) is 11.8 Å². The van der Waals surface area contributed by atoms with E-state index in [1.165, 1.54) is 24.7 Å². The minimum atomic E-state index is -1.07.